The van der Waals surface area contributed by atoms with E-state index in [4.69, 9.17) is 5.73 Å². The zero-order valence-electron chi connectivity index (χ0n) is 17.5. The lowest BCUT2D eigenvalue weighted by Gasteiger charge is -2.30. The van der Waals surface area contributed by atoms with Gasteiger partial charge in [-0.25, -0.2) is 19.7 Å². The highest BCUT2D eigenvalue weighted by Gasteiger charge is 2.45. The fourth-order valence-electron chi connectivity index (χ4n) is 3.78. The van der Waals surface area contributed by atoms with E-state index in [2.05, 4.69) is 29.9 Å². The molecular formula is C20H20F2N6O3S. The third kappa shape index (κ3) is 3.64. The molecule has 3 aromatic heterocycles. The van der Waals surface area contributed by atoms with Crippen LogP contribution < -0.4 is 5.73 Å². The Morgan fingerprint density at radius 1 is 1.31 bits per heavy atom. The maximum Gasteiger partial charge on any atom is 0.385 e. The van der Waals surface area contributed by atoms with E-state index in [9.17, 15) is 18.4 Å². The van der Waals surface area contributed by atoms with Crippen molar-refractivity contribution in [3.8, 4) is 11.4 Å². The number of nitrogens with two attached hydrogens (primary N) is 1. The molecule has 3 heterocycles. The number of hydrogen-bond acceptors (Lipinski definition) is 9. The number of aromatic nitrogens is 5. The van der Waals surface area contributed by atoms with Crippen LogP contribution in [0.1, 0.15) is 53.1 Å². The molecule has 0 aromatic carbocycles. The summed E-state index contributed by atoms with van der Waals surface area (Å²) in [6.07, 6.45) is 2.00. The monoisotopic (exact) mass is 462 g/mol. The van der Waals surface area contributed by atoms with Gasteiger partial charge in [0, 0.05) is 17.1 Å². The largest absolute Gasteiger partial charge is 0.461 e. The van der Waals surface area contributed by atoms with Crippen LogP contribution in [0, 0.1) is 0 Å². The number of H-pyrrole nitrogens is 1. The van der Waals surface area contributed by atoms with E-state index in [1.165, 1.54) is 6.92 Å². The molecular weight excluding hydrogens is 442 g/mol. The fourth-order valence-corrected chi connectivity index (χ4v) is 4.60. The van der Waals surface area contributed by atoms with Crippen LogP contribution in [0.25, 0.3) is 11.4 Å². The number of esters is 1. The second-order valence-corrected chi connectivity index (χ2v) is 8.95. The van der Waals surface area contributed by atoms with E-state index >= 15 is 0 Å². The number of ether oxygens (including phenoxy) is 1. The average Bonchev–Trinajstić information content (AvgIpc) is 3.37. The maximum atomic E-state index is 14.2. The molecule has 0 radical (unpaired) electrons. The summed E-state index contributed by atoms with van der Waals surface area (Å²) in [6, 6.07) is 0. The van der Waals surface area contributed by atoms with Crippen LogP contribution in [0.3, 0.4) is 0 Å². The number of halogens is 2. The molecule has 0 amide bonds. The maximum absolute atomic E-state index is 14.2. The van der Waals surface area contributed by atoms with Gasteiger partial charge in [-0.2, -0.15) is 13.9 Å². The smallest absolute Gasteiger partial charge is 0.385 e. The second kappa shape index (κ2) is 7.69. The summed E-state index contributed by atoms with van der Waals surface area (Å²) in [5, 5.41) is 8.28. The SMILES string of the molecule is CCOC(=O)C(F)(F)c1csc(CC(=O)c2[nH]nc3c2C(C)(C)Cc2cnc(N)nc2-3)n1. The molecule has 168 valence electrons. The van der Waals surface area contributed by atoms with Crippen molar-refractivity contribution in [3.05, 3.63) is 39.1 Å². The minimum atomic E-state index is -3.88. The molecule has 3 aromatic rings. The first-order valence-electron chi connectivity index (χ1n) is 9.78. The Morgan fingerprint density at radius 3 is 2.78 bits per heavy atom. The Bertz CT molecular complexity index is 1220. The number of hydrogen-bond donors (Lipinski definition) is 2. The molecule has 0 fully saturated rings. The molecule has 12 heteroatoms. The van der Waals surface area contributed by atoms with E-state index < -0.39 is 23.0 Å². The number of aromatic amines is 1. The number of nitrogens with one attached hydrogen (secondary N) is 1. The van der Waals surface area contributed by atoms with Crippen molar-refractivity contribution in [2.75, 3.05) is 12.3 Å². The van der Waals surface area contributed by atoms with E-state index in [-0.39, 0.29) is 35.5 Å². The highest BCUT2D eigenvalue weighted by molar-refractivity contribution is 7.09. The Kier molecular flexibility index (Phi) is 5.27. The van der Waals surface area contributed by atoms with E-state index in [0.29, 0.717) is 23.4 Å². The van der Waals surface area contributed by atoms with Gasteiger partial charge in [-0.1, -0.05) is 13.8 Å². The molecule has 0 saturated heterocycles. The Hall–Kier alpha value is -3.28. The van der Waals surface area contributed by atoms with Crippen LogP contribution in [-0.4, -0.2) is 43.5 Å². The zero-order chi connectivity index (χ0) is 23.3. The van der Waals surface area contributed by atoms with Gasteiger partial charge >= 0.3 is 11.9 Å². The Morgan fingerprint density at radius 2 is 2.06 bits per heavy atom. The number of anilines is 1. The van der Waals surface area contributed by atoms with Gasteiger partial charge in [0.05, 0.1) is 18.7 Å². The van der Waals surface area contributed by atoms with Crippen LogP contribution in [0.4, 0.5) is 14.7 Å². The minimum Gasteiger partial charge on any atom is -0.461 e. The van der Waals surface area contributed by atoms with Gasteiger partial charge in [-0.3, -0.25) is 9.89 Å². The number of rotatable bonds is 6. The summed E-state index contributed by atoms with van der Waals surface area (Å²) in [7, 11) is 0. The van der Waals surface area contributed by atoms with Crippen molar-refractivity contribution >= 4 is 29.0 Å². The molecule has 0 unspecified atom stereocenters. The number of alkyl halides is 2. The predicted molar refractivity (Wildman–Crippen MR) is 111 cm³/mol. The van der Waals surface area contributed by atoms with Crippen molar-refractivity contribution in [1.29, 1.82) is 0 Å². The van der Waals surface area contributed by atoms with Gasteiger partial charge in [-0.05, 0) is 24.3 Å². The average molecular weight is 462 g/mol. The van der Waals surface area contributed by atoms with Crippen LogP contribution in [0.2, 0.25) is 0 Å². The third-order valence-electron chi connectivity index (χ3n) is 5.18. The van der Waals surface area contributed by atoms with Crippen LogP contribution in [-0.2, 0) is 33.7 Å². The van der Waals surface area contributed by atoms with Gasteiger partial charge < -0.3 is 10.5 Å². The van der Waals surface area contributed by atoms with Crippen molar-refractivity contribution in [3.63, 3.8) is 0 Å². The number of carbonyl (C=O) groups excluding carboxylic acids is 2. The van der Waals surface area contributed by atoms with Gasteiger partial charge in [0.15, 0.2) is 5.78 Å². The Labute approximate surface area is 185 Å². The number of fused-ring (bicyclic) bond motifs is 3. The molecule has 0 spiro atoms. The summed E-state index contributed by atoms with van der Waals surface area (Å²) < 4.78 is 32.8. The molecule has 0 atom stereocenters. The van der Waals surface area contributed by atoms with Gasteiger partial charge in [0.2, 0.25) is 5.95 Å². The molecule has 32 heavy (non-hydrogen) atoms. The predicted octanol–water partition coefficient (Wildman–Crippen LogP) is 2.82. The number of nitrogens with zero attached hydrogens (tertiary/aromatic N) is 4. The van der Waals surface area contributed by atoms with E-state index in [1.807, 2.05) is 13.8 Å². The van der Waals surface area contributed by atoms with Gasteiger partial charge in [-0.15, -0.1) is 11.3 Å². The van der Waals surface area contributed by atoms with Crippen molar-refractivity contribution in [2.45, 2.75) is 45.0 Å². The minimum absolute atomic E-state index is 0.100. The number of carbonyl (C=O) groups is 2. The quantitative estimate of drug-likeness (QED) is 0.421. The molecule has 1 aliphatic rings. The summed E-state index contributed by atoms with van der Waals surface area (Å²) in [6.45, 7) is 5.20. The van der Waals surface area contributed by atoms with Crippen molar-refractivity contribution in [1.82, 2.24) is 25.1 Å². The van der Waals surface area contributed by atoms with Crippen molar-refractivity contribution in [2.24, 2.45) is 0 Å². The first-order chi connectivity index (χ1) is 15.0. The number of nitrogen functional groups attached to an aromatic ring is 1. The number of thiazole rings is 1. The van der Waals surface area contributed by atoms with Gasteiger partial charge in [0.1, 0.15) is 22.1 Å². The lowest BCUT2D eigenvalue weighted by molar-refractivity contribution is -0.173. The van der Waals surface area contributed by atoms with Gasteiger partial charge in [0.25, 0.3) is 0 Å². The Balaban J connectivity index is 1.63. The first kappa shape index (κ1) is 21.9. The lowest BCUT2D eigenvalue weighted by atomic mass is 9.73. The van der Waals surface area contributed by atoms with Crippen LogP contribution in [0.15, 0.2) is 11.6 Å². The summed E-state index contributed by atoms with van der Waals surface area (Å²) in [5.74, 6) is -5.82. The van der Waals surface area contributed by atoms with E-state index in [0.717, 1.165) is 22.3 Å². The molecule has 0 bridgehead atoms. The second-order valence-electron chi connectivity index (χ2n) is 8.01. The number of ketones is 1. The van der Waals surface area contributed by atoms with Crippen LogP contribution >= 0.6 is 11.3 Å². The summed E-state index contributed by atoms with van der Waals surface area (Å²) in [4.78, 5) is 36.7. The lowest BCUT2D eigenvalue weighted by Crippen LogP contribution is -2.29. The standard InChI is InChI=1S/C20H20F2N6O3S/c1-4-31-17(30)20(21,22)11-8-32-12(25-11)5-10(29)15-13-16(28-27-15)14-9(6-19(13,2)3)7-24-18(23)26-14/h7-8H,4-6H2,1-3H3,(H,27,28)(H2,23,24,26). The van der Waals surface area contributed by atoms with E-state index in [1.54, 1.807) is 6.20 Å². The summed E-state index contributed by atoms with van der Waals surface area (Å²) >= 11 is 0.874. The zero-order valence-corrected chi connectivity index (χ0v) is 18.3. The molecule has 3 N–H and O–H groups in total. The molecule has 9 nitrogen and oxygen atoms in total. The topological polar surface area (TPSA) is 137 Å². The molecule has 1 aliphatic carbocycles. The highest BCUT2D eigenvalue weighted by Crippen LogP contribution is 2.43. The number of Topliss-reactive ketones (excluding diaryl/α,β-unsaturated/α-hetero) is 1. The fraction of sp³-hybridized carbons (Fsp3) is 0.400. The molecule has 4 rings (SSSR count). The first-order valence-corrected chi connectivity index (χ1v) is 10.7. The van der Waals surface area contributed by atoms with Crippen molar-refractivity contribution < 1.29 is 23.1 Å². The highest BCUT2D eigenvalue weighted by atomic mass is 32.1. The van der Waals surface area contributed by atoms with Crippen LogP contribution in [0.5, 0.6) is 0 Å². The summed E-state index contributed by atoms with van der Waals surface area (Å²) in [5.41, 5.74) is 7.43. The third-order valence-corrected chi connectivity index (χ3v) is 6.03. The molecule has 0 saturated carbocycles. The normalized spacial score (nSPS) is 14.5. The molecule has 0 aliphatic heterocycles.